The number of halogens is 1. The number of hydrazone groups is 1. The van der Waals surface area contributed by atoms with E-state index in [4.69, 9.17) is 17.3 Å². The van der Waals surface area contributed by atoms with Crippen LogP contribution in [0.1, 0.15) is 26.3 Å². The van der Waals surface area contributed by atoms with Crippen molar-refractivity contribution >= 4 is 34.8 Å². The van der Waals surface area contributed by atoms with Crippen LogP contribution in [0.15, 0.2) is 35.1 Å². The molecule has 1 aromatic rings. The topological polar surface area (TPSA) is 53.6 Å². The van der Waals surface area contributed by atoms with Gasteiger partial charge in [-0.25, -0.2) is 0 Å². The van der Waals surface area contributed by atoms with E-state index >= 15 is 0 Å². The van der Waals surface area contributed by atoms with Gasteiger partial charge in [-0.1, -0.05) is 23.7 Å². The Hall–Kier alpha value is -1.33. The van der Waals surface area contributed by atoms with E-state index in [1.54, 1.807) is 17.8 Å². The number of allylic oxidation sites excluding steroid dienone is 2. The van der Waals surface area contributed by atoms with Crippen molar-refractivity contribution in [3.05, 3.63) is 40.6 Å². The summed E-state index contributed by atoms with van der Waals surface area (Å²) in [6, 6.07) is 5.69. The van der Waals surface area contributed by atoms with Crippen molar-refractivity contribution in [2.24, 2.45) is 5.10 Å². The van der Waals surface area contributed by atoms with E-state index in [0.29, 0.717) is 10.7 Å². The van der Waals surface area contributed by atoms with Crippen LogP contribution in [0.2, 0.25) is 5.02 Å². The number of rotatable bonds is 3. The molecule has 1 heterocycles. The lowest BCUT2D eigenvalue weighted by Crippen LogP contribution is -2.48. The van der Waals surface area contributed by atoms with Crippen LogP contribution in [-0.2, 0) is 4.87 Å². The van der Waals surface area contributed by atoms with Gasteiger partial charge in [-0.2, -0.15) is 10.2 Å². The summed E-state index contributed by atoms with van der Waals surface area (Å²) >= 11 is 7.80. The van der Waals surface area contributed by atoms with Crippen molar-refractivity contribution in [1.29, 1.82) is 0 Å². The molecular formula is C14H19ClN4S. The molecule has 20 heavy (non-hydrogen) atoms. The first-order valence-corrected chi connectivity index (χ1v) is 7.88. The standard InChI is InChI=1S/C14H19ClN4S/c1-9-8-10(2)18-19(17-9)14(3,20-4)11-6-5-7-12(15)13(11)16/h5-8,17H,16H2,1-4H3. The molecule has 6 heteroatoms. The number of nitrogen functional groups attached to an aromatic ring is 1. The fourth-order valence-corrected chi connectivity index (χ4v) is 3.01. The summed E-state index contributed by atoms with van der Waals surface area (Å²) in [6.45, 7) is 6.05. The summed E-state index contributed by atoms with van der Waals surface area (Å²) in [5.74, 6) is 0. The number of benzene rings is 1. The molecule has 4 nitrogen and oxygen atoms in total. The molecule has 0 fully saturated rings. The third-order valence-electron chi connectivity index (χ3n) is 3.32. The number of para-hydroxylation sites is 1. The van der Waals surface area contributed by atoms with Crippen LogP contribution in [0.5, 0.6) is 0 Å². The van der Waals surface area contributed by atoms with E-state index in [1.807, 2.05) is 43.4 Å². The molecule has 0 spiro atoms. The van der Waals surface area contributed by atoms with Gasteiger partial charge in [0.2, 0.25) is 0 Å². The lowest BCUT2D eigenvalue weighted by atomic mass is 10.1. The van der Waals surface area contributed by atoms with E-state index in [-0.39, 0.29) is 0 Å². The average molecular weight is 311 g/mol. The summed E-state index contributed by atoms with van der Waals surface area (Å²) in [4.78, 5) is -0.453. The van der Waals surface area contributed by atoms with Gasteiger partial charge in [0.15, 0.2) is 0 Å². The Bertz CT molecular complexity index is 585. The minimum absolute atomic E-state index is 0.453. The van der Waals surface area contributed by atoms with Gasteiger partial charge in [-0.3, -0.25) is 5.43 Å². The second-order valence-electron chi connectivity index (χ2n) is 4.88. The zero-order chi connectivity index (χ0) is 14.9. The number of nitrogens with two attached hydrogens (primary N) is 1. The van der Waals surface area contributed by atoms with Gasteiger partial charge >= 0.3 is 0 Å². The molecule has 0 bridgehead atoms. The Balaban J connectivity index is 2.49. The van der Waals surface area contributed by atoms with Crippen LogP contribution >= 0.6 is 23.4 Å². The molecule has 1 aliphatic rings. The first kappa shape index (κ1) is 15.1. The first-order valence-electron chi connectivity index (χ1n) is 6.28. The fourth-order valence-electron chi connectivity index (χ4n) is 2.18. The highest BCUT2D eigenvalue weighted by atomic mass is 35.5. The third kappa shape index (κ3) is 2.60. The van der Waals surface area contributed by atoms with Crippen LogP contribution in [0.25, 0.3) is 0 Å². The van der Waals surface area contributed by atoms with E-state index in [2.05, 4.69) is 17.5 Å². The van der Waals surface area contributed by atoms with Gasteiger partial charge in [0.1, 0.15) is 4.87 Å². The Morgan fingerprint density at radius 1 is 1.40 bits per heavy atom. The quantitative estimate of drug-likeness (QED) is 0.838. The maximum Gasteiger partial charge on any atom is 0.149 e. The van der Waals surface area contributed by atoms with E-state index in [1.165, 1.54) is 0 Å². The van der Waals surface area contributed by atoms with Crippen LogP contribution in [0, 0.1) is 0 Å². The Morgan fingerprint density at radius 2 is 2.10 bits per heavy atom. The number of nitrogens with zero attached hydrogens (tertiary/aromatic N) is 2. The number of nitrogens with one attached hydrogen (secondary N) is 1. The van der Waals surface area contributed by atoms with Crippen molar-refractivity contribution in [3.8, 4) is 0 Å². The molecule has 0 saturated carbocycles. The van der Waals surface area contributed by atoms with Crippen molar-refractivity contribution in [2.45, 2.75) is 25.6 Å². The number of thioether (sulfide) groups is 1. The molecule has 1 aliphatic heterocycles. The Labute approximate surface area is 129 Å². The van der Waals surface area contributed by atoms with E-state index < -0.39 is 4.87 Å². The van der Waals surface area contributed by atoms with Gasteiger partial charge in [0.25, 0.3) is 0 Å². The summed E-state index contributed by atoms with van der Waals surface area (Å²) < 4.78 is 0. The largest absolute Gasteiger partial charge is 0.397 e. The van der Waals surface area contributed by atoms with Crippen LogP contribution in [0.3, 0.4) is 0 Å². The van der Waals surface area contributed by atoms with Gasteiger partial charge in [-0.15, -0.1) is 11.8 Å². The number of hydrogen-bond donors (Lipinski definition) is 2. The van der Waals surface area contributed by atoms with Crippen LogP contribution < -0.4 is 11.2 Å². The van der Waals surface area contributed by atoms with Gasteiger partial charge in [0.05, 0.1) is 16.4 Å². The lowest BCUT2D eigenvalue weighted by Gasteiger charge is -2.41. The molecule has 1 atom stereocenters. The van der Waals surface area contributed by atoms with Crippen molar-refractivity contribution < 1.29 is 0 Å². The normalized spacial score (nSPS) is 17.9. The molecule has 108 valence electrons. The van der Waals surface area contributed by atoms with Gasteiger partial charge in [-0.05, 0) is 39.2 Å². The van der Waals surface area contributed by atoms with Crippen molar-refractivity contribution in [3.63, 3.8) is 0 Å². The molecule has 0 saturated heterocycles. The predicted molar refractivity (Wildman–Crippen MR) is 88.6 cm³/mol. The summed E-state index contributed by atoms with van der Waals surface area (Å²) in [6.07, 6.45) is 4.03. The van der Waals surface area contributed by atoms with Crippen molar-refractivity contribution in [1.82, 2.24) is 10.5 Å². The minimum Gasteiger partial charge on any atom is -0.397 e. The molecule has 0 amide bonds. The van der Waals surface area contributed by atoms with E-state index in [0.717, 1.165) is 17.0 Å². The predicted octanol–water partition coefficient (Wildman–Crippen LogP) is 3.56. The molecule has 0 radical (unpaired) electrons. The highest BCUT2D eigenvalue weighted by molar-refractivity contribution is 7.99. The molecule has 3 N–H and O–H groups in total. The fraction of sp³-hybridized carbons (Fsp3) is 0.357. The summed E-state index contributed by atoms with van der Waals surface area (Å²) in [7, 11) is 0. The molecule has 2 rings (SSSR count). The molecule has 1 aromatic carbocycles. The second kappa shape index (κ2) is 5.58. The average Bonchev–Trinajstić information content (AvgIpc) is 2.40. The van der Waals surface area contributed by atoms with Gasteiger partial charge < -0.3 is 5.73 Å². The number of anilines is 1. The Morgan fingerprint density at radius 3 is 2.70 bits per heavy atom. The third-order valence-corrected chi connectivity index (χ3v) is 4.84. The number of hydrazine groups is 1. The molecular weight excluding hydrogens is 292 g/mol. The SMILES string of the molecule is CSC(C)(c1cccc(Cl)c1N)N1N=C(C)C=C(C)N1. The number of hydrogen-bond acceptors (Lipinski definition) is 5. The molecule has 0 aliphatic carbocycles. The van der Waals surface area contributed by atoms with Crippen LogP contribution in [0.4, 0.5) is 5.69 Å². The van der Waals surface area contributed by atoms with Gasteiger partial charge in [0, 0.05) is 11.3 Å². The maximum absolute atomic E-state index is 6.16. The second-order valence-corrected chi connectivity index (χ2v) is 6.49. The summed E-state index contributed by atoms with van der Waals surface area (Å²) in [5.41, 5.74) is 12.9. The zero-order valence-corrected chi connectivity index (χ0v) is 13.6. The Kier molecular flexibility index (Phi) is 4.20. The lowest BCUT2D eigenvalue weighted by molar-refractivity contribution is 0.132. The molecule has 1 unspecified atom stereocenters. The highest BCUT2D eigenvalue weighted by Crippen LogP contribution is 2.42. The smallest absolute Gasteiger partial charge is 0.149 e. The highest BCUT2D eigenvalue weighted by Gasteiger charge is 2.36. The van der Waals surface area contributed by atoms with Crippen molar-refractivity contribution in [2.75, 3.05) is 12.0 Å². The van der Waals surface area contributed by atoms with E-state index in [9.17, 15) is 0 Å². The summed E-state index contributed by atoms with van der Waals surface area (Å²) in [5, 5.41) is 6.97. The maximum atomic E-state index is 6.16. The minimum atomic E-state index is -0.453. The van der Waals surface area contributed by atoms with Crippen LogP contribution in [-0.4, -0.2) is 17.1 Å². The monoisotopic (exact) mass is 310 g/mol. The first-order chi connectivity index (χ1) is 9.38. The zero-order valence-electron chi connectivity index (χ0n) is 12.1. The molecule has 0 aromatic heterocycles.